The Morgan fingerprint density at radius 3 is 2.68 bits per heavy atom. The van der Waals surface area contributed by atoms with E-state index in [9.17, 15) is 14.5 Å². The summed E-state index contributed by atoms with van der Waals surface area (Å²) in [6, 6.07) is 4.17. The van der Waals surface area contributed by atoms with Gasteiger partial charge in [-0.1, -0.05) is 0 Å². The Hall–Kier alpha value is -0.990. The van der Waals surface area contributed by atoms with Crippen LogP contribution < -0.4 is 5.32 Å². The van der Waals surface area contributed by atoms with Crippen molar-refractivity contribution >= 4 is 54.6 Å². The smallest absolute Gasteiger partial charge is 0.295 e. The van der Waals surface area contributed by atoms with Gasteiger partial charge in [0.1, 0.15) is 11.5 Å². The molecule has 0 bridgehead atoms. The van der Waals surface area contributed by atoms with Gasteiger partial charge >= 0.3 is 0 Å². The van der Waals surface area contributed by atoms with Gasteiger partial charge in [0.25, 0.3) is 5.69 Å². The predicted molar refractivity (Wildman–Crippen MR) is 80.1 cm³/mol. The Morgan fingerprint density at radius 2 is 2.11 bits per heavy atom. The summed E-state index contributed by atoms with van der Waals surface area (Å²) in [6.07, 6.45) is 0. The number of anilines is 1. The molecule has 0 aliphatic rings. The Morgan fingerprint density at radius 1 is 1.37 bits per heavy atom. The lowest BCUT2D eigenvalue weighted by Gasteiger charge is -2.07. The predicted octanol–water partition coefficient (Wildman–Crippen LogP) is 4.93. The van der Waals surface area contributed by atoms with Gasteiger partial charge in [0.15, 0.2) is 0 Å². The molecule has 0 unspecified atom stereocenters. The highest BCUT2D eigenvalue weighted by atomic mass is 79.9. The van der Waals surface area contributed by atoms with Gasteiger partial charge in [-0.15, -0.1) is 11.3 Å². The molecule has 0 saturated heterocycles. The lowest BCUT2D eigenvalue weighted by molar-refractivity contribution is -0.384. The van der Waals surface area contributed by atoms with Crippen molar-refractivity contribution in [3.63, 3.8) is 0 Å². The highest BCUT2D eigenvalue weighted by molar-refractivity contribution is 9.10. The van der Waals surface area contributed by atoms with Crippen molar-refractivity contribution in [2.75, 3.05) is 5.32 Å². The summed E-state index contributed by atoms with van der Waals surface area (Å²) in [6.45, 7) is 0.428. The average Bonchev–Trinajstić information content (AvgIpc) is 2.75. The second kappa shape index (κ2) is 5.98. The number of rotatable bonds is 4. The summed E-state index contributed by atoms with van der Waals surface area (Å²) in [5.41, 5.74) is -0.00745. The van der Waals surface area contributed by atoms with Gasteiger partial charge in [-0.25, -0.2) is 4.39 Å². The fraction of sp³-hybridized carbons (Fsp3) is 0.0909. The van der Waals surface area contributed by atoms with Gasteiger partial charge in [0.05, 0.1) is 22.0 Å². The van der Waals surface area contributed by atoms with Gasteiger partial charge < -0.3 is 5.32 Å². The van der Waals surface area contributed by atoms with Gasteiger partial charge in [-0.2, -0.15) is 0 Å². The fourth-order valence-electron chi connectivity index (χ4n) is 1.46. The summed E-state index contributed by atoms with van der Waals surface area (Å²) in [4.78, 5) is 11.3. The van der Waals surface area contributed by atoms with Crippen molar-refractivity contribution in [2.45, 2.75) is 6.54 Å². The SMILES string of the molecule is O=[N+]([O-])c1cc(F)c(Br)cc1NCc1sccc1Br. The average molecular weight is 410 g/mol. The monoisotopic (exact) mass is 408 g/mol. The molecule has 1 aromatic carbocycles. The summed E-state index contributed by atoms with van der Waals surface area (Å²) in [5.74, 6) is -0.658. The Bertz CT molecular complexity index is 633. The van der Waals surface area contributed by atoms with Crippen LogP contribution in [0.1, 0.15) is 4.88 Å². The molecular weight excluding hydrogens is 403 g/mol. The third-order valence-corrected chi connectivity index (χ3v) is 4.90. The summed E-state index contributed by atoms with van der Waals surface area (Å²) in [5, 5.41) is 15.8. The maximum Gasteiger partial charge on any atom is 0.295 e. The van der Waals surface area contributed by atoms with Crippen LogP contribution in [0.5, 0.6) is 0 Å². The van der Waals surface area contributed by atoms with Crippen molar-refractivity contribution in [3.8, 4) is 0 Å². The van der Waals surface area contributed by atoms with E-state index in [2.05, 4.69) is 37.2 Å². The first-order valence-corrected chi connectivity index (χ1v) is 7.54. The second-order valence-corrected chi connectivity index (χ2v) is 6.30. The van der Waals surface area contributed by atoms with E-state index < -0.39 is 10.7 Å². The van der Waals surface area contributed by atoms with Crippen LogP contribution in [0.2, 0.25) is 0 Å². The maximum absolute atomic E-state index is 13.3. The molecule has 2 aromatic rings. The number of nitrogens with one attached hydrogen (secondary N) is 1. The molecule has 4 nitrogen and oxygen atoms in total. The zero-order valence-corrected chi connectivity index (χ0v) is 13.3. The third kappa shape index (κ3) is 3.31. The molecule has 8 heteroatoms. The summed E-state index contributed by atoms with van der Waals surface area (Å²) < 4.78 is 14.4. The van der Waals surface area contributed by atoms with E-state index in [1.54, 1.807) is 0 Å². The molecule has 0 aliphatic carbocycles. The van der Waals surface area contributed by atoms with Crippen LogP contribution in [0.3, 0.4) is 0 Å². The standard InChI is InChI=1S/C11H7Br2FN2O2S/c12-6-1-2-19-11(6)5-15-9-3-7(13)8(14)4-10(9)16(17)18/h1-4,15H,5H2. The van der Waals surface area contributed by atoms with Gasteiger partial charge in [0.2, 0.25) is 0 Å². The quantitative estimate of drug-likeness (QED) is 0.575. The van der Waals surface area contributed by atoms with E-state index in [4.69, 9.17) is 0 Å². The minimum atomic E-state index is -0.658. The van der Waals surface area contributed by atoms with E-state index in [-0.39, 0.29) is 15.8 Å². The van der Waals surface area contributed by atoms with Gasteiger partial charge in [-0.05, 0) is 49.4 Å². The largest absolute Gasteiger partial charge is 0.375 e. The number of thiophene rings is 1. The van der Waals surface area contributed by atoms with Crippen LogP contribution in [0, 0.1) is 15.9 Å². The van der Waals surface area contributed by atoms with Crippen molar-refractivity contribution in [3.05, 3.63) is 53.3 Å². The first kappa shape index (κ1) is 14.4. The molecule has 0 saturated carbocycles. The van der Waals surface area contributed by atoms with Gasteiger partial charge in [-0.3, -0.25) is 10.1 Å². The van der Waals surface area contributed by atoms with Crippen molar-refractivity contribution in [1.82, 2.24) is 0 Å². The minimum absolute atomic E-state index is 0.186. The van der Waals surface area contributed by atoms with Crippen LogP contribution >= 0.6 is 43.2 Å². The first-order chi connectivity index (χ1) is 8.99. The van der Waals surface area contributed by atoms with E-state index in [1.165, 1.54) is 17.4 Å². The van der Waals surface area contributed by atoms with Crippen LogP contribution in [0.25, 0.3) is 0 Å². The van der Waals surface area contributed by atoms with E-state index in [1.807, 2.05) is 11.4 Å². The molecule has 0 fully saturated rings. The molecule has 0 amide bonds. The van der Waals surface area contributed by atoms with Gasteiger partial charge in [0, 0.05) is 9.35 Å². The molecular formula is C11H7Br2FN2O2S. The molecule has 1 heterocycles. The van der Waals surface area contributed by atoms with Crippen LogP contribution in [-0.2, 0) is 6.54 Å². The van der Waals surface area contributed by atoms with E-state index in [0.717, 1.165) is 15.4 Å². The molecule has 1 N–H and O–H groups in total. The van der Waals surface area contributed by atoms with E-state index >= 15 is 0 Å². The topological polar surface area (TPSA) is 55.2 Å². The Kier molecular flexibility index (Phi) is 4.54. The molecule has 0 spiro atoms. The minimum Gasteiger partial charge on any atom is -0.375 e. The molecule has 100 valence electrons. The fourth-order valence-corrected chi connectivity index (χ4v) is 3.23. The molecule has 19 heavy (non-hydrogen) atoms. The zero-order chi connectivity index (χ0) is 14.0. The lowest BCUT2D eigenvalue weighted by Crippen LogP contribution is -2.02. The van der Waals surface area contributed by atoms with Crippen LogP contribution in [0.4, 0.5) is 15.8 Å². The third-order valence-electron chi connectivity index (χ3n) is 2.37. The number of nitro groups is 1. The summed E-state index contributed by atoms with van der Waals surface area (Å²) >= 11 is 7.92. The van der Waals surface area contributed by atoms with Crippen molar-refractivity contribution in [1.29, 1.82) is 0 Å². The normalized spacial score (nSPS) is 10.5. The molecule has 1 aromatic heterocycles. The molecule has 0 aliphatic heterocycles. The maximum atomic E-state index is 13.3. The highest BCUT2D eigenvalue weighted by Crippen LogP contribution is 2.32. The number of nitrogens with zero attached hydrogens (tertiary/aromatic N) is 1. The number of hydrogen-bond acceptors (Lipinski definition) is 4. The summed E-state index contributed by atoms with van der Waals surface area (Å²) in [7, 11) is 0. The number of benzene rings is 1. The first-order valence-electron chi connectivity index (χ1n) is 5.08. The van der Waals surface area contributed by atoms with Crippen molar-refractivity contribution in [2.24, 2.45) is 0 Å². The van der Waals surface area contributed by atoms with Crippen molar-refractivity contribution < 1.29 is 9.31 Å². The van der Waals surface area contributed by atoms with Crippen LogP contribution in [-0.4, -0.2) is 4.92 Å². The van der Waals surface area contributed by atoms with E-state index in [0.29, 0.717) is 6.54 Å². The number of nitro benzene ring substituents is 1. The number of halogens is 3. The van der Waals surface area contributed by atoms with Crippen LogP contribution in [0.15, 0.2) is 32.5 Å². The Labute approximate surface area is 129 Å². The molecule has 0 radical (unpaired) electrons. The second-order valence-electron chi connectivity index (χ2n) is 3.59. The Balaban J connectivity index is 2.26. The number of hydrogen-bond donors (Lipinski definition) is 1. The molecule has 0 atom stereocenters. The molecule has 2 rings (SSSR count). The highest BCUT2D eigenvalue weighted by Gasteiger charge is 2.17. The lowest BCUT2D eigenvalue weighted by atomic mass is 10.2. The zero-order valence-electron chi connectivity index (χ0n) is 9.32.